The van der Waals surface area contributed by atoms with Crippen LogP contribution >= 0.6 is 27.3 Å². The minimum Gasteiger partial charge on any atom is -0.487 e. The van der Waals surface area contributed by atoms with Crippen LogP contribution in [0.3, 0.4) is 0 Å². The number of hydrogen-bond donors (Lipinski definition) is 1. The van der Waals surface area contributed by atoms with Gasteiger partial charge in [-0.1, -0.05) is 12.1 Å². The topological polar surface area (TPSA) is 46.5 Å². The molecule has 1 heterocycles. The van der Waals surface area contributed by atoms with Gasteiger partial charge < -0.3 is 9.84 Å². The van der Waals surface area contributed by atoms with E-state index in [-0.39, 0.29) is 5.56 Å². The SMILES string of the molecule is Cc1cccc(C(=O)O)c1OCc1ccc(Br)s1. The van der Waals surface area contributed by atoms with Crippen molar-refractivity contribution in [3.63, 3.8) is 0 Å². The van der Waals surface area contributed by atoms with E-state index in [0.717, 1.165) is 14.2 Å². The number of carbonyl (C=O) groups is 1. The number of halogens is 1. The van der Waals surface area contributed by atoms with Crippen LogP contribution in [0.5, 0.6) is 5.75 Å². The van der Waals surface area contributed by atoms with E-state index in [9.17, 15) is 4.79 Å². The highest BCUT2D eigenvalue weighted by molar-refractivity contribution is 9.11. The number of ether oxygens (including phenoxy) is 1. The van der Waals surface area contributed by atoms with Gasteiger partial charge in [0.1, 0.15) is 17.9 Å². The van der Waals surface area contributed by atoms with Crippen LogP contribution in [0.2, 0.25) is 0 Å². The first-order chi connectivity index (χ1) is 8.58. The summed E-state index contributed by atoms with van der Waals surface area (Å²) in [5.41, 5.74) is 1.02. The highest BCUT2D eigenvalue weighted by Crippen LogP contribution is 2.27. The van der Waals surface area contributed by atoms with Crippen molar-refractivity contribution in [3.05, 3.63) is 50.1 Å². The maximum absolute atomic E-state index is 11.1. The van der Waals surface area contributed by atoms with Crippen LogP contribution < -0.4 is 4.74 Å². The van der Waals surface area contributed by atoms with Crippen molar-refractivity contribution in [1.82, 2.24) is 0 Å². The molecule has 94 valence electrons. The summed E-state index contributed by atoms with van der Waals surface area (Å²) in [5.74, 6) is -0.532. The molecule has 2 rings (SSSR count). The zero-order valence-corrected chi connectivity index (χ0v) is 12.0. The Morgan fingerprint density at radius 2 is 2.17 bits per heavy atom. The molecule has 0 atom stereocenters. The third-order valence-corrected chi connectivity index (χ3v) is 4.03. The Morgan fingerprint density at radius 3 is 2.78 bits per heavy atom. The second-order valence-corrected chi connectivity index (χ2v) is 6.30. The molecule has 0 saturated heterocycles. The molecule has 0 aliphatic carbocycles. The van der Waals surface area contributed by atoms with E-state index in [2.05, 4.69) is 15.9 Å². The number of hydrogen-bond acceptors (Lipinski definition) is 3. The molecular formula is C13H11BrO3S. The number of carboxylic acids is 1. The fraction of sp³-hybridized carbons (Fsp3) is 0.154. The summed E-state index contributed by atoms with van der Waals surface area (Å²) in [6.45, 7) is 2.22. The van der Waals surface area contributed by atoms with Gasteiger partial charge in [-0.05, 0) is 46.6 Å². The number of para-hydroxylation sites is 1. The Morgan fingerprint density at radius 1 is 1.39 bits per heavy atom. The minimum absolute atomic E-state index is 0.200. The van der Waals surface area contributed by atoms with Crippen molar-refractivity contribution >= 4 is 33.2 Å². The monoisotopic (exact) mass is 326 g/mol. The van der Waals surface area contributed by atoms with Crippen molar-refractivity contribution in [2.24, 2.45) is 0 Å². The Hall–Kier alpha value is -1.33. The molecule has 2 aromatic rings. The summed E-state index contributed by atoms with van der Waals surface area (Å²) in [6, 6.07) is 9.00. The first kappa shape index (κ1) is 13.1. The summed E-state index contributed by atoms with van der Waals surface area (Å²) in [6.07, 6.45) is 0. The molecule has 3 nitrogen and oxygen atoms in total. The molecule has 0 amide bonds. The Labute approximate surface area is 117 Å². The molecule has 5 heteroatoms. The zero-order chi connectivity index (χ0) is 13.1. The number of carboxylic acid groups (broad SMARTS) is 1. The van der Waals surface area contributed by atoms with E-state index < -0.39 is 5.97 Å². The number of benzene rings is 1. The summed E-state index contributed by atoms with van der Waals surface area (Å²) in [7, 11) is 0. The van der Waals surface area contributed by atoms with Gasteiger partial charge in [0.15, 0.2) is 0 Å². The van der Waals surface area contributed by atoms with E-state index in [0.29, 0.717) is 12.4 Å². The molecule has 1 N–H and O–H groups in total. The third-order valence-electron chi connectivity index (χ3n) is 2.43. The third kappa shape index (κ3) is 2.91. The molecule has 0 fully saturated rings. The smallest absolute Gasteiger partial charge is 0.339 e. The van der Waals surface area contributed by atoms with Crippen LogP contribution in [-0.2, 0) is 6.61 Å². The predicted molar refractivity (Wildman–Crippen MR) is 74.5 cm³/mol. The van der Waals surface area contributed by atoms with E-state index >= 15 is 0 Å². The van der Waals surface area contributed by atoms with Crippen LogP contribution in [0.1, 0.15) is 20.8 Å². The number of aromatic carboxylic acids is 1. The maximum atomic E-state index is 11.1. The van der Waals surface area contributed by atoms with Gasteiger partial charge in [-0.25, -0.2) is 4.79 Å². The van der Waals surface area contributed by atoms with Crippen LogP contribution in [0.25, 0.3) is 0 Å². The molecule has 18 heavy (non-hydrogen) atoms. The van der Waals surface area contributed by atoms with Crippen molar-refractivity contribution < 1.29 is 14.6 Å². The van der Waals surface area contributed by atoms with E-state index in [1.807, 2.05) is 25.1 Å². The number of rotatable bonds is 4. The standard InChI is InChI=1S/C13H11BrO3S/c1-8-3-2-4-10(13(15)16)12(8)17-7-9-5-6-11(14)18-9/h2-6H,7H2,1H3,(H,15,16). The van der Waals surface area contributed by atoms with Gasteiger partial charge in [0.05, 0.1) is 3.79 Å². The van der Waals surface area contributed by atoms with Crippen LogP contribution in [-0.4, -0.2) is 11.1 Å². The van der Waals surface area contributed by atoms with Gasteiger partial charge in [-0.15, -0.1) is 11.3 Å². The highest BCUT2D eigenvalue weighted by atomic mass is 79.9. The van der Waals surface area contributed by atoms with E-state index in [1.54, 1.807) is 23.5 Å². The van der Waals surface area contributed by atoms with Gasteiger partial charge >= 0.3 is 5.97 Å². The van der Waals surface area contributed by atoms with Crippen LogP contribution in [0.15, 0.2) is 34.1 Å². The molecular weight excluding hydrogens is 316 g/mol. The van der Waals surface area contributed by atoms with Gasteiger partial charge in [0.2, 0.25) is 0 Å². The van der Waals surface area contributed by atoms with Crippen LogP contribution in [0, 0.1) is 6.92 Å². The second kappa shape index (κ2) is 5.54. The molecule has 0 unspecified atom stereocenters. The number of aryl methyl sites for hydroxylation is 1. The summed E-state index contributed by atoms with van der Waals surface area (Å²) >= 11 is 4.95. The van der Waals surface area contributed by atoms with Crippen molar-refractivity contribution in [3.8, 4) is 5.75 Å². The molecule has 0 saturated carbocycles. The highest BCUT2D eigenvalue weighted by Gasteiger charge is 2.13. The maximum Gasteiger partial charge on any atom is 0.339 e. The van der Waals surface area contributed by atoms with Gasteiger partial charge in [0.25, 0.3) is 0 Å². The first-order valence-electron chi connectivity index (χ1n) is 5.28. The molecule has 0 radical (unpaired) electrons. The van der Waals surface area contributed by atoms with E-state index in [4.69, 9.17) is 9.84 Å². The average Bonchev–Trinajstić information content (AvgIpc) is 2.73. The quantitative estimate of drug-likeness (QED) is 0.920. The lowest BCUT2D eigenvalue weighted by molar-refractivity contribution is 0.0691. The lowest BCUT2D eigenvalue weighted by atomic mass is 10.1. The lowest BCUT2D eigenvalue weighted by Gasteiger charge is -2.10. The van der Waals surface area contributed by atoms with Crippen molar-refractivity contribution in [1.29, 1.82) is 0 Å². The molecule has 0 aliphatic heterocycles. The molecule has 1 aromatic carbocycles. The second-order valence-electron chi connectivity index (χ2n) is 3.75. The zero-order valence-electron chi connectivity index (χ0n) is 9.64. The Bertz CT molecular complexity index is 577. The predicted octanol–water partition coefficient (Wildman–Crippen LogP) is 4.10. The summed E-state index contributed by atoms with van der Waals surface area (Å²) < 4.78 is 6.67. The lowest BCUT2D eigenvalue weighted by Crippen LogP contribution is -2.04. The van der Waals surface area contributed by atoms with E-state index in [1.165, 1.54) is 0 Å². The average molecular weight is 327 g/mol. The van der Waals surface area contributed by atoms with Gasteiger partial charge in [-0.3, -0.25) is 0 Å². The van der Waals surface area contributed by atoms with Crippen molar-refractivity contribution in [2.75, 3.05) is 0 Å². The van der Waals surface area contributed by atoms with Crippen molar-refractivity contribution in [2.45, 2.75) is 13.5 Å². The number of thiophene rings is 1. The summed E-state index contributed by atoms with van der Waals surface area (Å²) in [4.78, 5) is 12.1. The fourth-order valence-electron chi connectivity index (χ4n) is 1.59. The normalized spacial score (nSPS) is 10.3. The Balaban J connectivity index is 2.20. The fourth-order valence-corrected chi connectivity index (χ4v) is 2.98. The van der Waals surface area contributed by atoms with Gasteiger partial charge in [0, 0.05) is 4.88 Å². The molecule has 0 bridgehead atoms. The molecule has 0 aliphatic rings. The largest absolute Gasteiger partial charge is 0.487 e. The molecule has 1 aromatic heterocycles. The van der Waals surface area contributed by atoms with Gasteiger partial charge in [-0.2, -0.15) is 0 Å². The van der Waals surface area contributed by atoms with Crippen LogP contribution in [0.4, 0.5) is 0 Å². The minimum atomic E-state index is -0.971. The summed E-state index contributed by atoms with van der Waals surface area (Å²) in [5, 5.41) is 9.11. The molecule has 0 spiro atoms. The first-order valence-corrected chi connectivity index (χ1v) is 6.89. The Kier molecular flexibility index (Phi) is 4.04.